The number of hydrazone groups is 1. The van der Waals surface area contributed by atoms with Gasteiger partial charge in [-0.05, 0) is 34.6 Å². The van der Waals surface area contributed by atoms with Crippen molar-refractivity contribution in [2.75, 3.05) is 17.7 Å². The van der Waals surface area contributed by atoms with Gasteiger partial charge >= 0.3 is 0 Å². The van der Waals surface area contributed by atoms with E-state index in [2.05, 4.69) is 35.8 Å². The summed E-state index contributed by atoms with van der Waals surface area (Å²) in [6, 6.07) is 13.0. The van der Waals surface area contributed by atoms with Crippen LogP contribution in [0.5, 0.6) is 0 Å². The van der Waals surface area contributed by atoms with Crippen molar-refractivity contribution in [3.63, 3.8) is 0 Å². The summed E-state index contributed by atoms with van der Waals surface area (Å²) >= 11 is 0. The second-order valence-electron chi connectivity index (χ2n) is 6.18. The van der Waals surface area contributed by atoms with Gasteiger partial charge in [0.25, 0.3) is 5.91 Å². The fourth-order valence-electron chi connectivity index (χ4n) is 2.70. The fourth-order valence-corrected chi connectivity index (χ4v) is 2.70. The lowest BCUT2D eigenvalue weighted by molar-refractivity contribution is 0.0949. The molecule has 12 heteroatoms. The summed E-state index contributed by atoms with van der Waals surface area (Å²) in [7, 11) is 1.87. The maximum atomic E-state index is 12.7. The van der Waals surface area contributed by atoms with E-state index in [0.29, 0.717) is 11.5 Å². The first-order valence-corrected chi connectivity index (χ1v) is 8.79. The maximum absolute atomic E-state index is 12.7. The van der Waals surface area contributed by atoms with Gasteiger partial charge in [0, 0.05) is 12.7 Å². The van der Waals surface area contributed by atoms with Gasteiger partial charge in [0.15, 0.2) is 5.69 Å². The Balaban J connectivity index is 1.63. The predicted molar refractivity (Wildman–Crippen MR) is 106 cm³/mol. The highest BCUT2D eigenvalue weighted by atomic mass is 16.6. The van der Waals surface area contributed by atoms with E-state index < -0.39 is 5.91 Å². The van der Waals surface area contributed by atoms with E-state index in [1.807, 2.05) is 42.3 Å². The summed E-state index contributed by atoms with van der Waals surface area (Å²) in [6.07, 6.45) is 2.88. The molecule has 1 aromatic carbocycles. The molecule has 0 saturated carbocycles. The van der Waals surface area contributed by atoms with Crippen LogP contribution in [0.4, 0.5) is 11.5 Å². The third-order valence-electron chi connectivity index (χ3n) is 4.16. The van der Waals surface area contributed by atoms with E-state index in [4.69, 9.17) is 10.2 Å². The molecule has 0 radical (unpaired) electrons. The van der Waals surface area contributed by atoms with Gasteiger partial charge in [-0.25, -0.2) is 10.1 Å². The lowest BCUT2D eigenvalue weighted by Crippen LogP contribution is -2.24. The minimum Gasteiger partial charge on any atom is -0.463 e. The Bertz CT molecular complexity index is 1150. The van der Waals surface area contributed by atoms with Crippen LogP contribution in [0.25, 0.3) is 5.82 Å². The summed E-state index contributed by atoms with van der Waals surface area (Å²) in [6.45, 7) is 0.272. The molecule has 152 valence electrons. The van der Waals surface area contributed by atoms with E-state index in [1.54, 1.807) is 12.1 Å². The largest absolute Gasteiger partial charge is 0.463 e. The normalized spacial score (nSPS) is 11.1. The Kier molecular flexibility index (Phi) is 5.19. The molecule has 0 aliphatic heterocycles. The van der Waals surface area contributed by atoms with Gasteiger partial charge in [0.2, 0.25) is 11.6 Å². The zero-order valence-electron chi connectivity index (χ0n) is 15.8. The smallest absolute Gasteiger partial charge is 0.293 e. The average molecular weight is 407 g/mol. The number of hydrogen-bond acceptors (Lipinski definition) is 10. The van der Waals surface area contributed by atoms with Crippen molar-refractivity contribution in [1.29, 1.82) is 0 Å². The third kappa shape index (κ3) is 3.87. The van der Waals surface area contributed by atoms with Crippen LogP contribution < -0.4 is 16.1 Å². The number of nitrogens with two attached hydrogens (primary N) is 1. The number of amides is 1. The van der Waals surface area contributed by atoms with Gasteiger partial charge in [0.05, 0.1) is 24.7 Å². The van der Waals surface area contributed by atoms with Gasteiger partial charge in [-0.2, -0.15) is 9.78 Å². The number of aromatic nitrogens is 5. The summed E-state index contributed by atoms with van der Waals surface area (Å²) in [4.78, 5) is 14.6. The molecule has 4 rings (SSSR count). The van der Waals surface area contributed by atoms with Crippen LogP contribution in [0.15, 0.2) is 62.9 Å². The van der Waals surface area contributed by atoms with Gasteiger partial charge < -0.3 is 15.1 Å². The molecule has 30 heavy (non-hydrogen) atoms. The van der Waals surface area contributed by atoms with Gasteiger partial charge in [0.1, 0.15) is 5.76 Å². The molecule has 12 nitrogen and oxygen atoms in total. The Morgan fingerprint density at radius 3 is 2.80 bits per heavy atom. The van der Waals surface area contributed by atoms with Crippen LogP contribution in [-0.4, -0.2) is 44.5 Å². The van der Waals surface area contributed by atoms with E-state index in [1.165, 1.54) is 17.2 Å². The predicted octanol–water partition coefficient (Wildman–Crippen LogP) is 1.23. The van der Waals surface area contributed by atoms with Crippen LogP contribution in [0.2, 0.25) is 0 Å². The lowest BCUT2D eigenvalue weighted by Gasteiger charge is -2.19. The molecular formula is C18H17N9O3. The van der Waals surface area contributed by atoms with Crippen molar-refractivity contribution in [3.8, 4) is 5.82 Å². The minimum absolute atomic E-state index is 0.0197. The SMILES string of the molecule is CN(Cc1c(C(=O)NN=Cc2ccco2)nnn1-c1nonc1N)c1ccccc1. The number of nitrogen functional groups attached to an aromatic ring is 1. The molecule has 0 aliphatic rings. The number of nitrogens with zero attached hydrogens (tertiary/aromatic N) is 7. The van der Waals surface area contributed by atoms with Crippen molar-refractivity contribution in [3.05, 3.63) is 65.9 Å². The van der Waals surface area contributed by atoms with E-state index >= 15 is 0 Å². The van der Waals surface area contributed by atoms with Crippen molar-refractivity contribution >= 4 is 23.6 Å². The minimum atomic E-state index is -0.560. The topological polar surface area (TPSA) is 153 Å². The van der Waals surface area contributed by atoms with Crippen LogP contribution >= 0.6 is 0 Å². The lowest BCUT2D eigenvalue weighted by atomic mass is 10.2. The molecule has 3 aromatic heterocycles. The molecule has 0 saturated heterocycles. The molecule has 3 heterocycles. The molecule has 1 amide bonds. The van der Waals surface area contributed by atoms with Crippen LogP contribution in [0, 0.1) is 0 Å². The fraction of sp³-hybridized carbons (Fsp3) is 0.111. The Hall–Kier alpha value is -4.48. The summed E-state index contributed by atoms with van der Waals surface area (Å²) in [5, 5.41) is 19.2. The number of rotatable bonds is 7. The molecule has 0 aliphatic carbocycles. The van der Waals surface area contributed by atoms with E-state index in [9.17, 15) is 4.79 Å². The number of furan rings is 1. The van der Waals surface area contributed by atoms with Crippen LogP contribution in [-0.2, 0) is 6.54 Å². The summed E-state index contributed by atoms with van der Waals surface area (Å²) in [5.41, 5.74) is 9.62. The van der Waals surface area contributed by atoms with Gasteiger partial charge in [-0.3, -0.25) is 4.79 Å². The third-order valence-corrected chi connectivity index (χ3v) is 4.16. The average Bonchev–Trinajstić information content (AvgIpc) is 3.50. The second kappa shape index (κ2) is 8.26. The van der Waals surface area contributed by atoms with Crippen molar-refractivity contribution in [2.45, 2.75) is 6.54 Å². The van der Waals surface area contributed by atoms with Crippen molar-refractivity contribution in [1.82, 2.24) is 30.7 Å². The molecule has 4 aromatic rings. The summed E-state index contributed by atoms with van der Waals surface area (Å²) < 4.78 is 11.1. The van der Waals surface area contributed by atoms with Gasteiger partial charge in [-0.1, -0.05) is 23.4 Å². The maximum Gasteiger partial charge on any atom is 0.293 e. The van der Waals surface area contributed by atoms with Crippen LogP contribution in [0.1, 0.15) is 21.9 Å². The molecule has 0 bridgehead atoms. The Labute approximate surface area is 169 Å². The Morgan fingerprint density at radius 1 is 1.27 bits per heavy atom. The summed E-state index contributed by atoms with van der Waals surface area (Å²) in [5.74, 6) is 0.0865. The van der Waals surface area contributed by atoms with E-state index in [0.717, 1.165) is 5.69 Å². The number of carbonyl (C=O) groups excluding carboxylic acids is 1. The standard InChI is InChI=1S/C18H17N9O3/c1-26(12-6-3-2-4-7-12)11-14-15(18(28)22-20-10-13-8-5-9-29-13)21-25-27(14)17-16(19)23-30-24-17/h2-10H,11H2,1H3,(H2,19,23)(H,22,28). The molecule has 0 atom stereocenters. The number of carbonyl (C=O) groups is 1. The highest BCUT2D eigenvalue weighted by Gasteiger charge is 2.25. The van der Waals surface area contributed by atoms with Crippen molar-refractivity contribution in [2.24, 2.45) is 5.10 Å². The molecule has 0 fully saturated rings. The Morgan fingerprint density at radius 2 is 2.10 bits per heavy atom. The molecule has 0 unspecified atom stereocenters. The zero-order valence-corrected chi connectivity index (χ0v) is 15.8. The monoisotopic (exact) mass is 407 g/mol. The van der Waals surface area contributed by atoms with Crippen molar-refractivity contribution < 1.29 is 13.8 Å². The van der Waals surface area contributed by atoms with E-state index in [-0.39, 0.29) is 23.9 Å². The number of benzene rings is 1. The first kappa shape index (κ1) is 18.9. The highest BCUT2D eigenvalue weighted by molar-refractivity contribution is 5.94. The highest BCUT2D eigenvalue weighted by Crippen LogP contribution is 2.20. The molecule has 3 N–H and O–H groups in total. The first-order chi connectivity index (χ1) is 14.6. The van der Waals surface area contributed by atoms with Gasteiger partial charge in [-0.15, -0.1) is 5.10 Å². The quantitative estimate of drug-likeness (QED) is 0.340. The number of nitrogens with one attached hydrogen (secondary N) is 1. The molecular weight excluding hydrogens is 390 g/mol. The zero-order chi connectivity index (χ0) is 20.9. The second-order valence-corrected chi connectivity index (χ2v) is 6.18. The number of anilines is 2. The number of hydrogen-bond donors (Lipinski definition) is 2. The molecule has 0 spiro atoms. The first-order valence-electron chi connectivity index (χ1n) is 8.79. The van der Waals surface area contributed by atoms with Crippen LogP contribution in [0.3, 0.4) is 0 Å². The number of para-hydroxylation sites is 1.